The summed E-state index contributed by atoms with van der Waals surface area (Å²) in [5, 5.41) is 6.71. The summed E-state index contributed by atoms with van der Waals surface area (Å²) in [6.07, 6.45) is 0. The van der Waals surface area contributed by atoms with E-state index in [9.17, 15) is 16.8 Å². The second kappa shape index (κ2) is 19.8. The van der Waals surface area contributed by atoms with Gasteiger partial charge in [-0.25, -0.2) is 26.8 Å². The lowest BCUT2D eigenvalue weighted by molar-refractivity contribution is 0.355. The number of sulfonamides is 2. The van der Waals surface area contributed by atoms with Crippen molar-refractivity contribution in [2.45, 2.75) is 9.79 Å². The first-order chi connectivity index (χ1) is 29.8. The van der Waals surface area contributed by atoms with Gasteiger partial charge in [0.15, 0.2) is 21.8 Å². The zero-order chi connectivity index (χ0) is 44.0. The molecule has 328 valence electrons. The Bertz CT molecular complexity index is 2690. The van der Waals surface area contributed by atoms with Crippen molar-refractivity contribution in [3.8, 4) is 45.5 Å². The van der Waals surface area contributed by atoms with Gasteiger partial charge in [-0.05, 0) is 84.9 Å². The normalized spacial score (nSPS) is 15.1. The van der Waals surface area contributed by atoms with E-state index in [0.717, 1.165) is 44.3 Å². The second-order valence-corrected chi connectivity index (χ2v) is 20.3. The fourth-order valence-electron chi connectivity index (χ4n) is 6.84. The van der Waals surface area contributed by atoms with Gasteiger partial charge in [0.25, 0.3) is 0 Å². The fourth-order valence-corrected chi connectivity index (χ4v) is 11.7. The molecule has 0 radical (unpaired) electrons. The van der Waals surface area contributed by atoms with Gasteiger partial charge in [0.1, 0.15) is 11.5 Å². The molecule has 8 rings (SSSR count). The van der Waals surface area contributed by atoms with E-state index in [1.165, 1.54) is 19.9 Å². The molecule has 2 aromatic heterocycles. The molecule has 0 unspecified atom stereocenters. The summed E-state index contributed by atoms with van der Waals surface area (Å²) in [6.45, 7) is 3.86. The van der Waals surface area contributed by atoms with Crippen LogP contribution in [0.3, 0.4) is 0 Å². The molecule has 62 heavy (non-hydrogen) atoms. The molecule has 0 saturated carbocycles. The van der Waals surface area contributed by atoms with E-state index in [0.29, 0.717) is 73.9 Å². The highest BCUT2D eigenvalue weighted by molar-refractivity contribution is 7.89. The molecule has 2 fully saturated rings. The van der Waals surface area contributed by atoms with Crippen molar-refractivity contribution in [3.05, 3.63) is 106 Å². The molecule has 4 aromatic carbocycles. The smallest absolute Gasteiger partial charge is 0.243 e. The third-order valence-corrected chi connectivity index (χ3v) is 16.4. The highest BCUT2D eigenvalue weighted by Crippen LogP contribution is 2.37. The molecule has 0 aliphatic carbocycles. The largest absolute Gasteiger partial charge is 0.497 e. The minimum absolute atomic E-state index is 0.256. The number of halogens is 2. The predicted molar refractivity (Wildman–Crippen MR) is 246 cm³/mol. The van der Waals surface area contributed by atoms with E-state index in [1.54, 1.807) is 88.3 Å². The molecule has 20 heteroatoms. The number of nitrogens with zero attached hydrogens (tertiary/aromatic N) is 6. The first-order valence-electron chi connectivity index (χ1n) is 19.2. The van der Waals surface area contributed by atoms with Crippen molar-refractivity contribution < 1.29 is 35.8 Å². The van der Waals surface area contributed by atoms with Crippen molar-refractivity contribution in [3.63, 3.8) is 0 Å². The van der Waals surface area contributed by atoms with Crippen LogP contribution < -0.4 is 28.7 Å². The van der Waals surface area contributed by atoms with Gasteiger partial charge in [-0.1, -0.05) is 23.2 Å². The molecule has 6 aromatic rings. The standard InChI is InChI=1S/2C21H22ClN3O4S2/c1-28-19-8-3-15(13-20(19)29-2)18-14-30-21(23-18)24-9-11-25(12-10-24)31(26,27)17-6-4-16(22)5-7-17;1-28-16-5-8-20(29-2)18(13-16)19-14-30-21(23-19)24-9-11-25(12-10-24)31(26,27)17-6-3-15(22)4-7-17/h2*3-8,13-14H,9-12H2,1-2H3. The van der Waals surface area contributed by atoms with Crippen molar-refractivity contribution in [1.82, 2.24) is 18.6 Å². The Labute approximate surface area is 379 Å². The van der Waals surface area contributed by atoms with Gasteiger partial charge < -0.3 is 28.7 Å². The van der Waals surface area contributed by atoms with E-state index < -0.39 is 20.0 Å². The number of thiazole rings is 2. The van der Waals surface area contributed by atoms with Crippen LogP contribution in [0.25, 0.3) is 22.5 Å². The number of hydrogen-bond donors (Lipinski definition) is 0. The zero-order valence-electron chi connectivity index (χ0n) is 34.2. The van der Waals surface area contributed by atoms with E-state index in [-0.39, 0.29) is 9.79 Å². The Morgan fingerprint density at radius 2 is 0.968 bits per heavy atom. The summed E-state index contributed by atoms with van der Waals surface area (Å²) in [5.74, 6) is 2.76. The van der Waals surface area contributed by atoms with Crippen LogP contribution >= 0.6 is 45.9 Å². The topological polar surface area (TPSA) is 144 Å². The number of methoxy groups -OCH3 is 4. The van der Waals surface area contributed by atoms with E-state index >= 15 is 0 Å². The minimum Gasteiger partial charge on any atom is -0.497 e. The average molecular weight is 960 g/mol. The Hall–Kier alpha value is -4.66. The zero-order valence-corrected chi connectivity index (χ0v) is 39.0. The summed E-state index contributed by atoms with van der Waals surface area (Å²) in [4.78, 5) is 14.3. The van der Waals surface area contributed by atoms with Gasteiger partial charge in [0.2, 0.25) is 20.0 Å². The third-order valence-electron chi connectivity index (χ3n) is 10.3. The summed E-state index contributed by atoms with van der Waals surface area (Å²) in [6, 6.07) is 23.8. The number of hydrogen-bond acceptors (Lipinski definition) is 14. The molecule has 2 aliphatic heterocycles. The van der Waals surface area contributed by atoms with E-state index in [4.69, 9.17) is 52.1 Å². The van der Waals surface area contributed by atoms with Crippen LogP contribution in [0.4, 0.5) is 10.3 Å². The number of aromatic nitrogens is 2. The Morgan fingerprint density at radius 1 is 0.516 bits per heavy atom. The van der Waals surface area contributed by atoms with Gasteiger partial charge in [-0.15, -0.1) is 22.7 Å². The maximum Gasteiger partial charge on any atom is 0.243 e. The number of ether oxygens (including phenoxy) is 4. The van der Waals surface area contributed by atoms with Crippen LogP contribution in [-0.2, 0) is 20.0 Å². The monoisotopic (exact) mass is 958 g/mol. The second-order valence-electron chi connectivity index (χ2n) is 13.9. The number of rotatable bonds is 12. The van der Waals surface area contributed by atoms with Crippen LogP contribution in [-0.4, -0.2) is 116 Å². The lowest BCUT2D eigenvalue weighted by Crippen LogP contribution is -2.48. The van der Waals surface area contributed by atoms with Gasteiger partial charge in [-0.2, -0.15) is 8.61 Å². The maximum absolute atomic E-state index is 12.9. The predicted octanol–water partition coefficient (Wildman–Crippen LogP) is 7.98. The van der Waals surface area contributed by atoms with Crippen LogP contribution in [0.15, 0.2) is 105 Å². The van der Waals surface area contributed by atoms with Crippen molar-refractivity contribution in [2.75, 3.05) is 90.6 Å². The molecule has 2 saturated heterocycles. The van der Waals surface area contributed by atoms with Crippen molar-refractivity contribution >= 4 is 76.2 Å². The molecule has 14 nitrogen and oxygen atoms in total. The Morgan fingerprint density at radius 3 is 1.44 bits per heavy atom. The molecule has 0 amide bonds. The SMILES string of the molecule is COc1ccc(-c2csc(N3CCN(S(=O)(=O)c4ccc(Cl)cc4)CC3)n2)cc1OC.COc1ccc(OC)c(-c2csc(N3CCN(S(=O)(=O)c4ccc(Cl)cc4)CC3)n2)c1. The van der Waals surface area contributed by atoms with E-state index in [2.05, 4.69) is 9.80 Å². The van der Waals surface area contributed by atoms with Gasteiger partial charge >= 0.3 is 0 Å². The number of benzene rings is 4. The lowest BCUT2D eigenvalue weighted by atomic mass is 10.1. The van der Waals surface area contributed by atoms with Crippen LogP contribution in [0, 0.1) is 0 Å². The summed E-state index contributed by atoms with van der Waals surface area (Å²) >= 11 is 14.8. The van der Waals surface area contributed by atoms with Crippen molar-refractivity contribution in [2.24, 2.45) is 0 Å². The third kappa shape index (κ3) is 10.1. The van der Waals surface area contributed by atoms with Gasteiger partial charge in [-0.3, -0.25) is 0 Å². The van der Waals surface area contributed by atoms with Crippen LogP contribution in [0.5, 0.6) is 23.0 Å². The fraction of sp³-hybridized carbons (Fsp3) is 0.286. The quantitative estimate of drug-likeness (QED) is 0.117. The molecule has 0 atom stereocenters. The molecule has 2 aliphatic rings. The summed E-state index contributed by atoms with van der Waals surface area (Å²) < 4.78 is 76.0. The lowest BCUT2D eigenvalue weighted by Gasteiger charge is -2.33. The molecular weight excluding hydrogens is 916 g/mol. The first kappa shape index (κ1) is 45.4. The van der Waals surface area contributed by atoms with Crippen molar-refractivity contribution in [1.29, 1.82) is 0 Å². The van der Waals surface area contributed by atoms with Crippen LogP contribution in [0.1, 0.15) is 0 Å². The van der Waals surface area contributed by atoms with Gasteiger partial charge in [0.05, 0.1) is 49.6 Å². The molecule has 0 bridgehead atoms. The molecule has 0 N–H and O–H groups in total. The molecule has 4 heterocycles. The molecule has 0 spiro atoms. The highest BCUT2D eigenvalue weighted by Gasteiger charge is 2.31. The first-order valence-corrected chi connectivity index (χ1v) is 24.6. The Kier molecular flexibility index (Phi) is 14.5. The van der Waals surface area contributed by atoms with E-state index in [1.807, 2.05) is 47.2 Å². The number of anilines is 2. The number of piperazine rings is 2. The summed E-state index contributed by atoms with van der Waals surface area (Å²) in [5.41, 5.74) is 3.43. The minimum atomic E-state index is -3.54. The average Bonchev–Trinajstić information content (AvgIpc) is 4.01. The molecular formula is C42H44Cl2N6O8S4. The van der Waals surface area contributed by atoms with Gasteiger partial charge in [0, 0.05) is 84.3 Å². The van der Waals surface area contributed by atoms with Crippen LogP contribution in [0.2, 0.25) is 10.0 Å². The maximum atomic E-state index is 12.9. The summed E-state index contributed by atoms with van der Waals surface area (Å²) in [7, 11) is -0.620. The Balaban J connectivity index is 0.000000186. The highest BCUT2D eigenvalue weighted by atomic mass is 35.5.